The van der Waals surface area contributed by atoms with Crippen molar-refractivity contribution >= 4 is 5.91 Å². The van der Waals surface area contributed by atoms with E-state index in [2.05, 4.69) is 41.4 Å². The van der Waals surface area contributed by atoms with Crippen LogP contribution in [0.5, 0.6) is 5.75 Å². The fraction of sp³-hybridized carbons (Fsp3) is 0.682. The molecule has 1 N–H and O–H groups in total. The normalized spacial score (nSPS) is 28.0. The number of nitrogens with zero attached hydrogens (tertiary/aromatic N) is 1. The van der Waals surface area contributed by atoms with Crippen molar-refractivity contribution in [3.63, 3.8) is 0 Å². The second kappa shape index (κ2) is 9.56. The Bertz CT molecular complexity index is 604. The molecule has 1 aliphatic heterocycles. The van der Waals surface area contributed by atoms with Crippen molar-refractivity contribution < 1.29 is 14.3 Å². The smallest absolute Gasteiger partial charge is 0.217 e. The van der Waals surface area contributed by atoms with E-state index in [0.29, 0.717) is 11.8 Å². The van der Waals surface area contributed by atoms with Gasteiger partial charge >= 0.3 is 0 Å². The fourth-order valence-electron chi connectivity index (χ4n) is 4.60. The Balaban J connectivity index is 1.52. The number of fused-ring (bicyclic) bond motifs is 1. The molecule has 1 heterocycles. The molecule has 1 aromatic rings. The Kier molecular flexibility index (Phi) is 7.13. The molecule has 1 amide bonds. The second-order valence-electron chi connectivity index (χ2n) is 8.11. The van der Waals surface area contributed by atoms with Crippen LogP contribution in [0.2, 0.25) is 0 Å². The summed E-state index contributed by atoms with van der Waals surface area (Å²) in [5.41, 5.74) is 1.33. The highest BCUT2D eigenvalue weighted by molar-refractivity contribution is 5.73. The molecule has 27 heavy (non-hydrogen) atoms. The molecule has 0 radical (unpaired) electrons. The number of methoxy groups -OCH3 is 1. The monoisotopic (exact) mass is 374 g/mol. The Labute approximate surface area is 163 Å². The Morgan fingerprint density at radius 2 is 1.89 bits per heavy atom. The highest BCUT2D eigenvalue weighted by Gasteiger charge is 2.42. The van der Waals surface area contributed by atoms with Crippen LogP contribution >= 0.6 is 0 Å². The number of amides is 1. The van der Waals surface area contributed by atoms with Gasteiger partial charge in [0, 0.05) is 33.7 Å². The van der Waals surface area contributed by atoms with Crippen LogP contribution < -0.4 is 10.1 Å². The van der Waals surface area contributed by atoms with Crippen LogP contribution in [0.25, 0.3) is 0 Å². The summed E-state index contributed by atoms with van der Waals surface area (Å²) in [5, 5.41) is 3.09. The zero-order valence-electron chi connectivity index (χ0n) is 16.9. The van der Waals surface area contributed by atoms with E-state index >= 15 is 0 Å². The molecular formula is C22H34N2O3. The van der Waals surface area contributed by atoms with Crippen LogP contribution in [0, 0.1) is 11.8 Å². The quantitative estimate of drug-likeness (QED) is 0.710. The van der Waals surface area contributed by atoms with Gasteiger partial charge < -0.3 is 14.8 Å². The predicted molar refractivity (Wildman–Crippen MR) is 107 cm³/mol. The summed E-state index contributed by atoms with van der Waals surface area (Å²) in [6.07, 6.45) is 4.44. The highest BCUT2D eigenvalue weighted by Crippen LogP contribution is 2.38. The Morgan fingerprint density at radius 3 is 2.52 bits per heavy atom. The topological polar surface area (TPSA) is 50.8 Å². The Morgan fingerprint density at radius 1 is 1.19 bits per heavy atom. The number of benzene rings is 1. The standard InChI is InChI=1S/C22H34N2O3/c1-4-5-10-27-20-8-6-17(7-9-20)13-24-14-18-11-21(23-16(2)25)22(26-3)12-19(18)15-24/h6-9,18-19,21-22H,4-5,10-15H2,1-3H3,(H,23,25)/t18-,19+,21-,22-/m1/s1. The van der Waals surface area contributed by atoms with E-state index in [4.69, 9.17) is 9.47 Å². The van der Waals surface area contributed by atoms with Gasteiger partial charge in [0.1, 0.15) is 5.75 Å². The van der Waals surface area contributed by atoms with Crippen LogP contribution in [0.4, 0.5) is 0 Å². The lowest BCUT2D eigenvalue weighted by molar-refractivity contribution is -0.121. The summed E-state index contributed by atoms with van der Waals surface area (Å²) < 4.78 is 11.4. The van der Waals surface area contributed by atoms with Crippen molar-refractivity contribution in [3.8, 4) is 5.75 Å². The largest absolute Gasteiger partial charge is 0.494 e. The van der Waals surface area contributed by atoms with Crippen molar-refractivity contribution in [2.24, 2.45) is 11.8 Å². The molecule has 1 aromatic carbocycles. The maximum atomic E-state index is 11.5. The van der Waals surface area contributed by atoms with Gasteiger partial charge in [0.05, 0.1) is 18.8 Å². The highest BCUT2D eigenvalue weighted by atomic mass is 16.5. The van der Waals surface area contributed by atoms with Gasteiger partial charge in [0.25, 0.3) is 0 Å². The second-order valence-corrected chi connectivity index (χ2v) is 8.11. The molecule has 5 nitrogen and oxygen atoms in total. The van der Waals surface area contributed by atoms with Gasteiger partial charge in [-0.3, -0.25) is 9.69 Å². The molecule has 150 valence electrons. The van der Waals surface area contributed by atoms with Crippen LogP contribution in [0.1, 0.15) is 45.1 Å². The molecule has 0 bridgehead atoms. The van der Waals surface area contributed by atoms with E-state index in [1.165, 1.54) is 5.56 Å². The molecule has 0 aromatic heterocycles. The number of hydrogen-bond acceptors (Lipinski definition) is 4. The van der Waals surface area contributed by atoms with E-state index in [1.807, 2.05) is 0 Å². The summed E-state index contributed by atoms with van der Waals surface area (Å²) in [6, 6.07) is 8.68. The maximum absolute atomic E-state index is 11.5. The van der Waals surface area contributed by atoms with Gasteiger partial charge in [-0.15, -0.1) is 0 Å². The number of likely N-dealkylation sites (tertiary alicyclic amines) is 1. The lowest BCUT2D eigenvalue weighted by Gasteiger charge is -2.37. The van der Waals surface area contributed by atoms with Crippen LogP contribution in [0.15, 0.2) is 24.3 Å². The zero-order valence-corrected chi connectivity index (χ0v) is 16.9. The first kappa shape index (κ1) is 20.2. The third-order valence-corrected chi connectivity index (χ3v) is 5.98. The average Bonchev–Trinajstić information content (AvgIpc) is 3.03. The summed E-state index contributed by atoms with van der Waals surface area (Å²) in [5.74, 6) is 2.31. The summed E-state index contributed by atoms with van der Waals surface area (Å²) in [4.78, 5) is 14.0. The van der Waals surface area contributed by atoms with Crippen LogP contribution in [0.3, 0.4) is 0 Å². The number of carbonyl (C=O) groups excluding carboxylic acids is 1. The van der Waals surface area contributed by atoms with E-state index < -0.39 is 0 Å². The summed E-state index contributed by atoms with van der Waals surface area (Å²) in [6.45, 7) is 7.76. The molecular weight excluding hydrogens is 340 g/mol. The first-order valence-corrected chi connectivity index (χ1v) is 10.3. The molecule has 2 fully saturated rings. The molecule has 0 spiro atoms. The van der Waals surface area contributed by atoms with Crippen LogP contribution in [-0.2, 0) is 16.1 Å². The number of rotatable bonds is 8. The number of unbranched alkanes of at least 4 members (excludes halogenated alkanes) is 1. The average molecular weight is 375 g/mol. The molecule has 2 aliphatic rings. The summed E-state index contributed by atoms with van der Waals surface area (Å²) >= 11 is 0. The van der Waals surface area contributed by atoms with Crippen molar-refractivity contribution in [1.29, 1.82) is 0 Å². The third kappa shape index (κ3) is 5.45. The van der Waals surface area contributed by atoms with E-state index in [-0.39, 0.29) is 18.1 Å². The molecule has 4 atom stereocenters. The minimum Gasteiger partial charge on any atom is -0.494 e. The number of hydrogen-bond donors (Lipinski definition) is 1. The van der Waals surface area contributed by atoms with Gasteiger partial charge in [0.15, 0.2) is 0 Å². The van der Waals surface area contributed by atoms with Crippen molar-refractivity contribution in [3.05, 3.63) is 29.8 Å². The van der Waals surface area contributed by atoms with Gasteiger partial charge in [-0.2, -0.15) is 0 Å². The molecule has 1 saturated carbocycles. The van der Waals surface area contributed by atoms with Crippen molar-refractivity contribution in [2.45, 2.75) is 58.2 Å². The van der Waals surface area contributed by atoms with E-state index in [0.717, 1.165) is 57.7 Å². The lowest BCUT2D eigenvalue weighted by Crippen LogP contribution is -2.49. The van der Waals surface area contributed by atoms with Crippen molar-refractivity contribution in [1.82, 2.24) is 10.2 Å². The van der Waals surface area contributed by atoms with Gasteiger partial charge in [-0.05, 0) is 48.8 Å². The van der Waals surface area contributed by atoms with E-state index in [1.54, 1.807) is 14.0 Å². The van der Waals surface area contributed by atoms with Gasteiger partial charge in [-0.1, -0.05) is 25.5 Å². The first-order valence-electron chi connectivity index (χ1n) is 10.3. The van der Waals surface area contributed by atoms with Crippen LogP contribution in [-0.4, -0.2) is 49.8 Å². The minimum atomic E-state index is 0.0385. The molecule has 1 aliphatic carbocycles. The Hall–Kier alpha value is -1.59. The predicted octanol–water partition coefficient (Wildman–Crippen LogP) is 3.23. The zero-order chi connectivity index (χ0) is 19.2. The number of ether oxygens (including phenoxy) is 2. The minimum absolute atomic E-state index is 0.0385. The molecule has 0 unspecified atom stereocenters. The lowest BCUT2D eigenvalue weighted by atomic mass is 9.77. The molecule has 5 heteroatoms. The third-order valence-electron chi connectivity index (χ3n) is 5.98. The number of nitrogens with one attached hydrogen (secondary N) is 1. The van der Waals surface area contributed by atoms with Gasteiger partial charge in [0.2, 0.25) is 5.91 Å². The van der Waals surface area contributed by atoms with Gasteiger partial charge in [-0.25, -0.2) is 0 Å². The maximum Gasteiger partial charge on any atom is 0.217 e. The SMILES string of the molecule is CCCCOc1ccc(CN2C[C@H]3C[C@@H](NC(C)=O)[C@H](OC)C[C@H]3C2)cc1. The molecule has 3 rings (SSSR count). The number of carbonyl (C=O) groups is 1. The first-order chi connectivity index (χ1) is 13.1. The van der Waals surface area contributed by atoms with Crippen molar-refractivity contribution in [2.75, 3.05) is 26.8 Å². The summed E-state index contributed by atoms with van der Waals surface area (Å²) in [7, 11) is 1.76. The van der Waals surface area contributed by atoms with E-state index in [9.17, 15) is 4.79 Å². The fourth-order valence-corrected chi connectivity index (χ4v) is 4.60. The molecule has 1 saturated heterocycles.